The summed E-state index contributed by atoms with van der Waals surface area (Å²) < 4.78 is 4.93. The van der Waals surface area contributed by atoms with Crippen molar-refractivity contribution in [1.29, 1.82) is 0 Å². The molecule has 0 bridgehead atoms. The molecule has 1 aromatic heterocycles. The van der Waals surface area contributed by atoms with Gasteiger partial charge in [0.25, 0.3) is 5.69 Å². The molecule has 9 heteroatoms. The van der Waals surface area contributed by atoms with Crippen LogP contribution in [0, 0.1) is 10.1 Å². The number of ether oxygens (including phenoxy) is 1. The largest absolute Gasteiger partial charge is 0.409 e. The number of likely N-dealkylation sites (N-methyl/N-ethyl adjacent to an activating group) is 1. The number of oxime groups is 1. The molecule has 0 radical (unpaired) electrons. The summed E-state index contributed by atoms with van der Waals surface area (Å²) in [6.45, 7) is 1.03. The second kappa shape index (κ2) is 6.50. The van der Waals surface area contributed by atoms with Gasteiger partial charge >= 0.3 is 0 Å². The van der Waals surface area contributed by atoms with Crippen LogP contribution in [0.4, 0.5) is 11.5 Å². The number of nitro groups is 1. The second-order valence-corrected chi connectivity index (χ2v) is 3.69. The van der Waals surface area contributed by atoms with Crippen molar-refractivity contribution in [1.82, 2.24) is 4.98 Å². The molecule has 19 heavy (non-hydrogen) atoms. The summed E-state index contributed by atoms with van der Waals surface area (Å²) in [5.74, 6) is 0.0536. The van der Waals surface area contributed by atoms with Crippen LogP contribution in [-0.2, 0) is 4.74 Å². The maximum absolute atomic E-state index is 10.8. The fourth-order valence-corrected chi connectivity index (χ4v) is 1.38. The van der Waals surface area contributed by atoms with Gasteiger partial charge in [0.05, 0.1) is 11.5 Å². The number of pyridine rings is 1. The molecule has 1 heterocycles. The van der Waals surface area contributed by atoms with E-state index in [0.717, 1.165) is 0 Å². The lowest BCUT2D eigenvalue weighted by atomic mass is 10.2. The Morgan fingerprint density at radius 2 is 2.37 bits per heavy atom. The minimum absolute atomic E-state index is 0.172. The minimum atomic E-state index is -0.640. The summed E-state index contributed by atoms with van der Waals surface area (Å²) in [7, 11) is 3.32. The molecule has 0 spiro atoms. The van der Waals surface area contributed by atoms with Crippen molar-refractivity contribution in [3.63, 3.8) is 0 Å². The van der Waals surface area contributed by atoms with Crippen LogP contribution in [-0.4, -0.2) is 48.3 Å². The normalized spacial score (nSPS) is 11.4. The Labute approximate surface area is 109 Å². The van der Waals surface area contributed by atoms with E-state index in [4.69, 9.17) is 15.7 Å². The molecule has 0 amide bonds. The average Bonchev–Trinajstić information content (AvgIpc) is 2.42. The molecule has 104 valence electrons. The molecule has 0 unspecified atom stereocenters. The number of nitrogens with zero attached hydrogens (tertiary/aromatic N) is 4. The first-order valence-corrected chi connectivity index (χ1v) is 5.34. The molecule has 0 aromatic carbocycles. The van der Waals surface area contributed by atoms with Gasteiger partial charge in [-0.15, -0.1) is 0 Å². The maximum Gasteiger partial charge on any atom is 0.298 e. The van der Waals surface area contributed by atoms with Gasteiger partial charge < -0.3 is 20.6 Å². The van der Waals surface area contributed by atoms with Crippen LogP contribution in [0.15, 0.2) is 17.3 Å². The molecule has 1 aromatic rings. The highest BCUT2D eigenvalue weighted by Crippen LogP contribution is 2.20. The molecule has 0 aliphatic heterocycles. The first-order valence-electron chi connectivity index (χ1n) is 5.34. The van der Waals surface area contributed by atoms with E-state index in [9.17, 15) is 10.1 Å². The van der Waals surface area contributed by atoms with Crippen LogP contribution in [0.1, 0.15) is 5.69 Å². The first-order chi connectivity index (χ1) is 9.01. The van der Waals surface area contributed by atoms with Crippen LogP contribution in [0.2, 0.25) is 0 Å². The van der Waals surface area contributed by atoms with E-state index in [1.54, 1.807) is 19.1 Å². The van der Waals surface area contributed by atoms with E-state index in [1.165, 1.54) is 12.1 Å². The van der Waals surface area contributed by atoms with Crippen LogP contribution in [0.3, 0.4) is 0 Å². The van der Waals surface area contributed by atoms with Crippen molar-refractivity contribution in [3.8, 4) is 0 Å². The highest BCUT2D eigenvalue weighted by Gasteiger charge is 2.20. The van der Waals surface area contributed by atoms with E-state index >= 15 is 0 Å². The van der Waals surface area contributed by atoms with Crippen molar-refractivity contribution in [2.24, 2.45) is 10.9 Å². The number of hydrogen-bond donors (Lipinski definition) is 2. The quantitative estimate of drug-likeness (QED) is 0.247. The van der Waals surface area contributed by atoms with Gasteiger partial charge in [-0.3, -0.25) is 10.1 Å². The standard InChI is InChI=1S/C10H15N5O4/c1-14(5-6-19-2)8-4-3-7(15(17)18)9(12-8)10(11)13-16/h3-4,16H,5-6H2,1-2H3,(H2,11,13). The SMILES string of the molecule is COCCN(C)c1ccc([N+](=O)[O-])c(/C(N)=N/O)n1. The topological polar surface area (TPSA) is 127 Å². The Morgan fingerprint density at radius 3 is 2.89 bits per heavy atom. The number of methoxy groups -OCH3 is 1. The number of anilines is 1. The summed E-state index contributed by atoms with van der Waals surface area (Å²) >= 11 is 0. The van der Waals surface area contributed by atoms with Crippen LogP contribution < -0.4 is 10.6 Å². The van der Waals surface area contributed by atoms with Crippen molar-refractivity contribution < 1.29 is 14.9 Å². The molecule has 1 rings (SSSR count). The molecular weight excluding hydrogens is 254 g/mol. The van der Waals surface area contributed by atoms with Gasteiger partial charge in [0.1, 0.15) is 5.82 Å². The smallest absolute Gasteiger partial charge is 0.298 e. The summed E-state index contributed by atoms with van der Waals surface area (Å²) in [5.41, 5.74) is 4.90. The zero-order chi connectivity index (χ0) is 14.4. The van der Waals surface area contributed by atoms with Gasteiger partial charge in [-0.1, -0.05) is 5.16 Å². The first kappa shape index (κ1) is 14.6. The van der Waals surface area contributed by atoms with Crippen LogP contribution in [0.5, 0.6) is 0 Å². The monoisotopic (exact) mass is 269 g/mol. The molecule has 3 N–H and O–H groups in total. The Kier molecular flexibility index (Phi) is 5.01. The van der Waals surface area contributed by atoms with Crippen molar-refractivity contribution in [2.75, 3.05) is 32.2 Å². The van der Waals surface area contributed by atoms with Gasteiger partial charge in [-0.25, -0.2) is 4.98 Å². The third-order valence-electron chi connectivity index (χ3n) is 2.43. The molecule has 0 saturated carbocycles. The molecule has 0 atom stereocenters. The molecule has 0 aliphatic rings. The summed E-state index contributed by atoms with van der Waals surface area (Å²) in [6.07, 6.45) is 0. The van der Waals surface area contributed by atoms with E-state index in [0.29, 0.717) is 19.0 Å². The zero-order valence-electron chi connectivity index (χ0n) is 10.6. The van der Waals surface area contributed by atoms with Gasteiger partial charge in [0.15, 0.2) is 11.5 Å². The molecule has 9 nitrogen and oxygen atoms in total. The predicted octanol–water partition coefficient (Wildman–Crippen LogP) is 0.167. The van der Waals surface area contributed by atoms with Crippen LogP contribution >= 0.6 is 0 Å². The van der Waals surface area contributed by atoms with Crippen molar-refractivity contribution in [3.05, 3.63) is 27.9 Å². The summed E-state index contributed by atoms with van der Waals surface area (Å²) in [4.78, 5) is 16.0. The Hall–Kier alpha value is -2.42. The second-order valence-electron chi connectivity index (χ2n) is 3.69. The third-order valence-corrected chi connectivity index (χ3v) is 2.43. The van der Waals surface area contributed by atoms with Gasteiger partial charge in [0, 0.05) is 26.8 Å². The number of rotatable bonds is 6. The Bertz CT molecular complexity index is 491. The molecule has 0 aliphatic carbocycles. The number of hydrogen-bond acceptors (Lipinski definition) is 7. The number of amidine groups is 1. The Balaban J connectivity index is 3.15. The van der Waals surface area contributed by atoms with E-state index in [2.05, 4.69) is 10.1 Å². The van der Waals surface area contributed by atoms with Gasteiger partial charge in [-0.2, -0.15) is 0 Å². The summed E-state index contributed by atoms with van der Waals surface area (Å²) in [5, 5.41) is 22.2. The molecule has 0 saturated heterocycles. The lowest BCUT2D eigenvalue weighted by Crippen LogP contribution is -2.25. The third kappa shape index (κ3) is 3.52. The van der Waals surface area contributed by atoms with Crippen molar-refractivity contribution >= 4 is 17.3 Å². The molecular formula is C10H15N5O4. The van der Waals surface area contributed by atoms with E-state index < -0.39 is 10.8 Å². The fourth-order valence-electron chi connectivity index (χ4n) is 1.38. The van der Waals surface area contributed by atoms with Crippen molar-refractivity contribution in [2.45, 2.75) is 0 Å². The van der Waals surface area contributed by atoms with Gasteiger partial charge in [-0.05, 0) is 6.07 Å². The lowest BCUT2D eigenvalue weighted by Gasteiger charge is -2.17. The van der Waals surface area contributed by atoms with Crippen LogP contribution in [0.25, 0.3) is 0 Å². The molecule has 0 fully saturated rings. The highest BCUT2D eigenvalue weighted by atomic mass is 16.6. The highest BCUT2D eigenvalue weighted by molar-refractivity contribution is 5.99. The predicted molar refractivity (Wildman–Crippen MR) is 68.5 cm³/mol. The summed E-state index contributed by atoms with van der Waals surface area (Å²) in [6, 6.07) is 2.75. The Morgan fingerprint density at radius 1 is 1.68 bits per heavy atom. The number of nitrogens with two attached hydrogens (primary N) is 1. The van der Waals surface area contributed by atoms with E-state index in [1.807, 2.05) is 0 Å². The average molecular weight is 269 g/mol. The lowest BCUT2D eigenvalue weighted by molar-refractivity contribution is -0.385. The zero-order valence-corrected chi connectivity index (χ0v) is 10.6. The van der Waals surface area contributed by atoms with Gasteiger partial charge in [0.2, 0.25) is 0 Å². The fraction of sp³-hybridized carbons (Fsp3) is 0.400. The van der Waals surface area contributed by atoms with E-state index in [-0.39, 0.29) is 11.4 Å². The maximum atomic E-state index is 10.8. The minimum Gasteiger partial charge on any atom is -0.409 e. The number of aromatic nitrogens is 1.